The maximum atomic E-state index is 13.6. The fourth-order valence-corrected chi connectivity index (χ4v) is 3.31. The van der Waals surface area contributed by atoms with E-state index in [2.05, 4.69) is 25.6 Å². The molecule has 0 aliphatic carbocycles. The molecule has 1 atom stereocenters. The first-order valence-corrected chi connectivity index (χ1v) is 9.75. The highest BCUT2D eigenvalue weighted by Crippen LogP contribution is 2.38. The fraction of sp³-hybridized carbons (Fsp3) is 0.238. The van der Waals surface area contributed by atoms with Crippen molar-refractivity contribution in [1.82, 2.24) is 20.3 Å². The van der Waals surface area contributed by atoms with Crippen LogP contribution in [0.5, 0.6) is 5.88 Å². The predicted octanol–water partition coefficient (Wildman–Crippen LogP) is 3.55. The number of ether oxygens (including phenoxy) is 1. The number of nitrogens with zero attached hydrogens (tertiary/aromatic N) is 3. The number of amides is 1. The van der Waals surface area contributed by atoms with E-state index < -0.39 is 29.0 Å². The maximum Gasteiger partial charge on any atom is 0.418 e. The summed E-state index contributed by atoms with van der Waals surface area (Å²) >= 11 is 0. The van der Waals surface area contributed by atoms with Crippen LogP contribution in [-0.4, -0.2) is 40.1 Å². The number of nitrogen functional groups attached to an aromatic ring is 1. The first-order chi connectivity index (χ1) is 15.3. The molecule has 1 aliphatic rings. The van der Waals surface area contributed by atoms with Crippen molar-refractivity contribution in [1.29, 1.82) is 0 Å². The molecular weight excluding hydrogens is 461 g/mol. The Bertz CT molecular complexity index is 1120. The quantitative estimate of drug-likeness (QED) is 0.511. The predicted molar refractivity (Wildman–Crippen MR) is 118 cm³/mol. The molecule has 1 amide bonds. The van der Waals surface area contributed by atoms with Crippen LogP contribution in [0.3, 0.4) is 0 Å². The first kappa shape index (κ1) is 24.2. The largest absolute Gasteiger partial charge is 0.471 e. The lowest BCUT2D eigenvalue weighted by atomic mass is 10.0. The zero-order chi connectivity index (χ0) is 22.7. The number of aromatic nitrogens is 3. The van der Waals surface area contributed by atoms with Crippen LogP contribution in [0.4, 0.5) is 24.5 Å². The van der Waals surface area contributed by atoms with Gasteiger partial charge in [-0.05, 0) is 19.0 Å². The minimum Gasteiger partial charge on any atom is -0.471 e. The summed E-state index contributed by atoms with van der Waals surface area (Å²) in [5, 5.41) is 5.70. The minimum atomic E-state index is -4.70. The summed E-state index contributed by atoms with van der Waals surface area (Å²) in [4.78, 5) is 24.8. The van der Waals surface area contributed by atoms with E-state index in [4.69, 9.17) is 10.5 Å². The van der Waals surface area contributed by atoms with Gasteiger partial charge in [0.05, 0.1) is 23.1 Å². The molecule has 4 N–H and O–H groups in total. The van der Waals surface area contributed by atoms with Gasteiger partial charge in [-0.2, -0.15) is 18.2 Å². The number of rotatable bonds is 5. The third-order valence-corrected chi connectivity index (χ3v) is 4.84. The van der Waals surface area contributed by atoms with E-state index in [9.17, 15) is 18.0 Å². The molecule has 0 spiro atoms. The zero-order valence-electron chi connectivity index (χ0n) is 17.1. The number of pyridine rings is 1. The summed E-state index contributed by atoms with van der Waals surface area (Å²) < 4.78 is 46.6. The summed E-state index contributed by atoms with van der Waals surface area (Å²) in [6, 6.07) is 8.49. The summed E-state index contributed by atoms with van der Waals surface area (Å²) in [5.41, 5.74) is 3.97. The third kappa shape index (κ3) is 5.49. The highest BCUT2D eigenvalue weighted by Gasteiger charge is 2.36. The van der Waals surface area contributed by atoms with Crippen LogP contribution in [0.25, 0.3) is 11.3 Å². The standard InChI is InChI=1S/C21H19F3N6O2.ClH/c22-21(23,24)14-8-15(25)18(30-17(14)12-4-2-1-3-5-12)19(31)29-16-10-27-11-28-20(16)32-13-6-7-26-9-13;/h1-5,8,10-11,13,26H,6-7,9,25H2,(H,29,31);1H. The van der Waals surface area contributed by atoms with Gasteiger partial charge < -0.3 is 21.1 Å². The van der Waals surface area contributed by atoms with Crippen LogP contribution >= 0.6 is 12.4 Å². The van der Waals surface area contributed by atoms with Crippen molar-refractivity contribution in [2.24, 2.45) is 0 Å². The van der Waals surface area contributed by atoms with Crippen molar-refractivity contribution in [3.63, 3.8) is 0 Å². The smallest absolute Gasteiger partial charge is 0.418 e. The lowest BCUT2D eigenvalue weighted by Crippen LogP contribution is -2.22. The van der Waals surface area contributed by atoms with Crippen LogP contribution in [0.2, 0.25) is 0 Å². The molecule has 3 aromatic rings. The zero-order valence-corrected chi connectivity index (χ0v) is 17.9. The fourth-order valence-electron chi connectivity index (χ4n) is 3.31. The summed E-state index contributed by atoms with van der Waals surface area (Å²) in [6.45, 7) is 1.43. The molecular formula is C21H20ClF3N6O2. The summed E-state index contributed by atoms with van der Waals surface area (Å²) in [5.74, 6) is -0.659. The summed E-state index contributed by atoms with van der Waals surface area (Å²) in [6.07, 6.45) is -1.46. The van der Waals surface area contributed by atoms with Gasteiger partial charge in [-0.25, -0.2) is 9.97 Å². The van der Waals surface area contributed by atoms with E-state index in [1.807, 2.05) is 0 Å². The van der Waals surface area contributed by atoms with E-state index in [1.165, 1.54) is 24.7 Å². The molecule has 0 saturated carbocycles. The molecule has 174 valence electrons. The second kappa shape index (κ2) is 10.0. The van der Waals surface area contributed by atoms with Gasteiger partial charge in [-0.3, -0.25) is 4.79 Å². The van der Waals surface area contributed by atoms with Crippen LogP contribution < -0.4 is 21.1 Å². The number of hydrogen-bond acceptors (Lipinski definition) is 7. The lowest BCUT2D eigenvalue weighted by Gasteiger charge is -2.17. The van der Waals surface area contributed by atoms with E-state index in [1.54, 1.807) is 18.2 Å². The molecule has 1 saturated heterocycles. The number of alkyl halides is 3. The molecule has 0 bridgehead atoms. The number of nitrogens with one attached hydrogen (secondary N) is 2. The first-order valence-electron chi connectivity index (χ1n) is 9.75. The highest BCUT2D eigenvalue weighted by atomic mass is 35.5. The van der Waals surface area contributed by atoms with Crippen LogP contribution in [0.15, 0.2) is 48.9 Å². The van der Waals surface area contributed by atoms with Crippen LogP contribution in [-0.2, 0) is 6.18 Å². The van der Waals surface area contributed by atoms with Gasteiger partial charge in [-0.1, -0.05) is 30.3 Å². The molecule has 4 rings (SSSR count). The normalized spacial score (nSPS) is 15.5. The van der Waals surface area contributed by atoms with Gasteiger partial charge >= 0.3 is 6.18 Å². The Morgan fingerprint density at radius 3 is 2.67 bits per heavy atom. The Labute approximate surface area is 193 Å². The Morgan fingerprint density at radius 2 is 2.00 bits per heavy atom. The molecule has 3 heterocycles. The van der Waals surface area contributed by atoms with Gasteiger partial charge in [-0.15, -0.1) is 12.4 Å². The van der Waals surface area contributed by atoms with Gasteiger partial charge in [0, 0.05) is 12.1 Å². The maximum absolute atomic E-state index is 13.6. The van der Waals surface area contributed by atoms with Crippen molar-refractivity contribution in [2.75, 3.05) is 24.1 Å². The number of hydrogen-bond donors (Lipinski definition) is 3. The SMILES string of the molecule is Cl.Nc1cc(C(F)(F)F)c(-c2ccccc2)nc1C(=O)Nc1cncnc1OC1CCNC1. The highest BCUT2D eigenvalue weighted by molar-refractivity contribution is 6.07. The number of halogens is 4. The average molecular weight is 481 g/mol. The van der Waals surface area contributed by atoms with Gasteiger partial charge in [0.25, 0.3) is 5.91 Å². The van der Waals surface area contributed by atoms with Crippen molar-refractivity contribution in [3.05, 3.63) is 60.2 Å². The lowest BCUT2D eigenvalue weighted by molar-refractivity contribution is -0.137. The minimum absolute atomic E-state index is 0. The Kier molecular flexibility index (Phi) is 7.34. The number of carbonyl (C=O) groups excluding carboxylic acids is 1. The monoisotopic (exact) mass is 480 g/mol. The molecule has 1 unspecified atom stereocenters. The Morgan fingerprint density at radius 1 is 1.24 bits per heavy atom. The average Bonchev–Trinajstić information content (AvgIpc) is 3.28. The molecule has 33 heavy (non-hydrogen) atoms. The Balaban J connectivity index is 0.00000306. The number of carbonyl (C=O) groups is 1. The molecule has 1 aliphatic heterocycles. The van der Waals surface area contributed by atoms with Crippen molar-refractivity contribution in [2.45, 2.75) is 18.7 Å². The van der Waals surface area contributed by atoms with Crippen molar-refractivity contribution < 1.29 is 22.7 Å². The van der Waals surface area contributed by atoms with E-state index >= 15 is 0 Å². The van der Waals surface area contributed by atoms with Gasteiger partial charge in [0.2, 0.25) is 5.88 Å². The number of anilines is 2. The van der Waals surface area contributed by atoms with E-state index in [-0.39, 0.29) is 41.3 Å². The van der Waals surface area contributed by atoms with Gasteiger partial charge in [0.15, 0.2) is 5.69 Å². The van der Waals surface area contributed by atoms with E-state index in [0.717, 1.165) is 13.0 Å². The molecule has 0 radical (unpaired) electrons. The third-order valence-electron chi connectivity index (χ3n) is 4.84. The van der Waals surface area contributed by atoms with Crippen LogP contribution in [0.1, 0.15) is 22.5 Å². The van der Waals surface area contributed by atoms with Gasteiger partial charge in [0.1, 0.15) is 18.1 Å². The second-order valence-electron chi connectivity index (χ2n) is 7.11. The molecule has 12 heteroatoms. The molecule has 8 nitrogen and oxygen atoms in total. The number of nitrogens with two attached hydrogens (primary N) is 1. The topological polar surface area (TPSA) is 115 Å². The molecule has 1 aromatic carbocycles. The van der Waals surface area contributed by atoms with Crippen molar-refractivity contribution >= 4 is 29.7 Å². The molecule has 1 fully saturated rings. The summed E-state index contributed by atoms with van der Waals surface area (Å²) in [7, 11) is 0. The Hall–Kier alpha value is -3.44. The van der Waals surface area contributed by atoms with Crippen LogP contribution in [0, 0.1) is 0 Å². The number of benzene rings is 1. The van der Waals surface area contributed by atoms with E-state index in [0.29, 0.717) is 12.6 Å². The molecule has 2 aromatic heterocycles. The second-order valence-corrected chi connectivity index (χ2v) is 7.11. The van der Waals surface area contributed by atoms with Crippen molar-refractivity contribution in [3.8, 4) is 17.1 Å².